The lowest BCUT2D eigenvalue weighted by Crippen LogP contribution is -2.39. The number of benzene rings is 1. The van der Waals surface area contributed by atoms with Crippen molar-refractivity contribution in [3.8, 4) is 5.75 Å². The van der Waals surface area contributed by atoms with E-state index in [1.165, 1.54) is 0 Å². The maximum Gasteiger partial charge on any atom is 0.490 e. The number of ether oxygens (including phenoxy) is 1. The molecule has 2 heterocycles. The number of aliphatic carboxylic acids is 2. The lowest BCUT2D eigenvalue weighted by atomic mass is 10.1. The number of hydrogen-bond acceptors (Lipinski definition) is 5. The van der Waals surface area contributed by atoms with Crippen LogP contribution in [0.3, 0.4) is 0 Å². The van der Waals surface area contributed by atoms with Crippen LogP contribution in [0.4, 0.5) is 26.3 Å². The van der Waals surface area contributed by atoms with Gasteiger partial charge >= 0.3 is 24.3 Å². The largest absolute Gasteiger partial charge is 0.490 e. The van der Waals surface area contributed by atoms with Gasteiger partial charge in [0.15, 0.2) is 0 Å². The van der Waals surface area contributed by atoms with Crippen molar-refractivity contribution in [2.24, 2.45) is 0 Å². The molecule has 0 atom stereocenters. The maximum absolute atomic E-state index is 10.6. The zero-order chi connectivity index (χ0) is 26.6. The summed E-state index contributed by atoms with van der Waals surface area (Å²) in [6, 6.07) is 7.62. The van der Waals surface area contributed by atoms with Gasteiger partial charge in [-0.05, 0) is 37.1 Å². The van der Waals surface area contributed by atoms with Crippen molar-refractivity contribution in [2.45, 2.75) is 37.8 Å². The number of carbonyl (C=O) groups is 2. The van der Waals surface area contributed by atoms with Crippen LogP contribution in [0, 0.1) is 0 Å². The van der Waals surface area contributed by atoms with Gasteiger partial charge in [0.05, 0.1) is 6.33 Å². The molecular formula is C20H22ClF6N3O5. The molecule has 1 saturated heterocycles. The first-order chi connectivity index (χ1) is 16.2. The molecule has 1 aromatic heterocycles. The van der Waals surface area contributed by atoms with E-state index in [1.54, 1.807) is 0 Å². The molecule has 15 heteroatoms. The Hall–Kier alpha value is -3.00. The van der Waals surface area contributed by atoms with Crippen molar-refractivity contribution >= 4 is 23.5 Å². The number of hydrogen-bond donors (Lipinski definition) is 2. The fourth-order valence-electron chi connectivity index (χ4n) is 2.63. The summed E-state index contributed by atoms with van der Waals surface area (Å²) in [4.78, 5) is 24.3. The van der Waals surface area contributed by atoms with Crippen molar-refractivity contribution in [1.29, 1.82) is 0 Å². The second-order valence-electron chi connectivity index (χ2n) is 7.02. The summed E-state index contributed by atoms with van der Waals surface area (Å²) in [5, 5.41) is 15.0. The maximum atomic E-state index is 10.6. The highest BCUT2D eigenvalue weighted by molar-refractivity contribution is 6.30. The SMILES string of the molecule is Clc1ccc(OC2CCN(CCn3ccnc3)CC2)cc1.O=C(O)C(F)(F)F.O=C(O)C(F)(F)F. The number of imidazole rings is 1. The Balaban J connectivity index is 0.000000362. The molecule has 3 rings (SSSR count). The van der Waals surface area contributed by atoms with Crippen molar-refractivity contribution in [3.63, 3.8) is 0 Å². The van der Waals surface area contributed by atoms with Gasteiger partial charge in [0, 0.05) is 43.6 Å². The van der Waals surface area contributed by atoms with E-state index in [2.05, 4.69) is 14.5 Å². The van der Waals surface area contributed by atoms with Crippen molar-refractivity contribution < 1.29 is 50.9 Å². The van der Waals surface area contributed by atoms with Gasteiger partial charge in [-0.25, -0.2) is 14.6 Å². The number of alkyl halides is 6. The van der Waals surface area contributed by atoms with Crippen molar-refractivity contribution in [3.05, 3.63) is 48.0 Å². The molecular weight excluding hydrogens is 512 g/mol. The first-order valence-corrected chi connectivity index (χ1v) is 10.3. The summed E-state index contributed by atoms with van der Waals surface area (Å²) < 4.78 is 71.6. The van der Waals surface area contributed by atoms with Gasteiger partial charge in [-0.3, -0.25) is 0 Å². The number of piperidine rings is 1. The monoisotopic (exact) mass is 533 g/mol. The zero-order valence-corrected chi connectivity index (χ0v) is 18.7. The Morgan fingerprint density at radius 3 is 1.86 bits per heavy atom. The van der Waals surface area contributed by atoms with Gasteiger partial charge in [0.1, 0.15) is 11.9 Å². The molecule has 0 aliphatic carbocycles. The number of rotatable bonds is 5. The van der Waals surface area contributed by atoms with Crippen LogP contribution in [0.25, 0.3) is 0 Å². The number of aromatic nitrogens is 2. The fourth-order valence-corrected chi connectivity index (χ4v) is 2.76. The van der Waals surface area contributed by atoms with Crippen LogP contribution < -0.4 is 4.74 Å². The zero-order valence-electron chi connectivity index (χ0n) is 18.0. The third-order valence-electron chi connectivity index (χ3n) is 4.37. The highest BCUT2D eigenvalue weighted by atomic mass is 35.5. The topological polar surface area (TPSA) is 105 Å². The van der Waals surface area contributed by atoms with Crippen LogP contribution in [0.2, 0.25) is 5.02 Å². The highest BCUT2D eigenvalue weighted by Gasteiger charge is 2.38. The number of likely N-dealkylation sites (tertiary alicyclic amines) is 1. The van der Waals surface area contributed by atoms with Crippen LogP contribution in [-0.4, -0.2) is 74.7 Å². The summed E-state index contributed by atoms with van der Waals surface area (Å²) in [5.41, 5.74) is 0. The third-order valence-corrected chi connectivity index (χ3v) is 4.62. The van der Waals surface area contributed by atoms with Gasteiger partial charge in [0.2, 0.25) is 0 Å². The van der Waals surface area contributed by atoms with E-state index >= 15 is 0 Å². The lowest BCUT2D eigenvalue weighted by molar-refractivity contribution is -0.193. The minimum atomic E-state index is -5.08. The van der Waals surface area contributed by atoms with Crippen LogP contribution >= 0.6 is 11.6 Å². The quantitative estimate of drug-likeness (QED) is 0.551. The van der Waals surface area contributed by atoms with Gasteiger partial charge in [-0.1, -0.05) is 11.6 Å². The summed E-state index contributed by atoms with van der Waals surface area (Å²) >= 11 is 5.88. The molecule has 0 amide bonds. The van der Waals surface area contributed by atoms with Crippen molar-refractivity contribution in [2.75, 3.05) is 19.6 Å². The van der Waals surface area contributed by atoms with E-state index in [1.807, 2.05) is 43.0 Å². The lowest BCUT2D eigenvalue weighted by Gasteiger charge is -2.32. The van der Waals surface area contributed by atoms with Crippen molar-refractivity contribution in [1.82, 2.24) is 14.5 Å². The van der Waals surface area contributed by atoms with E-state index in [-0.39, 0.29) is 0 Å². The minimum Gasteiger partial charge on any atom is -0.490 e. The summed E-state index contributed by atoms with van der Waals surface area (Å²) in [6.07, 6.45) is -1.99. The van der Waals surface area contributed by atoms with Crippen LogP contribution in [0.15, 0.2) is 43.0 Å². The Kier molecular flexibility index (Phi) is 11.8. The Bertz CT molecular complexity index is 875. The molecule has 0 bridgehead atoms. The number of carboxylic acids is 2. The molecule has 0 unspecified atom stereocenters. The summed E-state index contributed by atoms with van der Waals surface area (Å²) in [6.45, 7) is 4.26. The number of halogens is 7. The molecule has 2 N–H and O–H groups in total. The molecule has 0 spiro atoms. The van der Waals surface area contributed by atoms with Gasteiger partial charge in [0.25, 0.3) is 0 Å². The Morgan fingerprint density at radius 1 is 0.971 bits per heavy atom. The molecule has 196 valence electrons. The van der Waals surface area contributed by atoms with Crippen LogP contribution in [-0.2, 0) is 16.1 Å². The van der Waals surface area contributed by atoms with Gasteiger partial charge in [-0.15, -0.1) is 0 Å². The molecule has 35 heavy (non-hydrogen) atoms. The number of nitrogens with zero attached hydrogens (tertiary/aromatic N) is 3. The Morgan fingerprint density at radius 2 is 1.46 bits per heavy atom. The standard InChI is InChI=1S/C16H20ClN3O.2C2HF3O2/c17-14-1-3-15(4-2-14)21-16-5-8-19(9-6-16)11-12-20-10-7-18-13-20;2*3-2(4,5)1(6)7/h1-4,7,10,13,16H,5-6,8-9,11-12H2;2*(H,6,7). The Labute approximate surface area is 200 Å². The van der Waals surface area contributed by atoms with E-state index in [4.69, 9.17) is 36.1 Å². The predicted octanol–water partition coefficient (Wildman–Crippen LogP) is 4.35. The molecule has 8 nitrogen and oxygen atoms in total. The van der Waals surface area contributed by atoms with E-state index < -0.39 is 24.3 Å². The fraction of sp³-hybridized carbons (Fsp3) is 0.450. The highest BCUT2D eigenvalue weighted by Crippen LogP contribution is 2.21. The van der Waals surface area contributed by atoms with Crippen LogP contribution in [0.1, 0.15) is 12.8 Å². The smallest absolute Gasteiger partial charge is 0.490 e. The molecule has 1 aromatic carbocycles. The van der Waals surface area contributed by atoms with E-state index in [0.717, 1.165) is 49.8 Å². The average Bonchev–Trinajstić information content (AvgIpc) is 3.28. The van der Waals surface area contributed by atoms with Crippen LogP contribution in [0.5, 0.6) is 5.75 Å². The second-order valence-corrected chi connectivity index (χ2v) is 7.46. The summed E-state index contributed by atoms with van der Waals surface area (Å²) in [5.74, 6) is -4.60. The predicted molar refractivity (Wildman–Crippen MR) is 111 cm³/mol. The molecule has 1 fully saturated rings. The molecule has 1 aliphatic heterocycles. The molecule has 2 aromatic rings. The molecule has 0 saturated carbocycles. The van der Waals surface area contributed by atoms with Gasteiger partial charge < -0.3 is 24.4 Å². The van der Waals surface area contributed by atoms with Gasteiger partial charge in [-0.2, -0.15) is 26.3 Å². The summed E-state index contributed by atoms with van der Waals surface area (Å²) in [7, 11) is 0. The minimum absolute atomic E-state index is 0.315. The van der Waals surface area contributed by atoms with E-state index in [9.17, 15) is 26.3 Å². The third kappa shape index (κ3) is 12.9. The molecule has 1 aliphatic rings. The normalized spacial score (nSPS) is 14.7. The van der Waals surface area contributed by atoms with E-state index in [0.29, 0.717) is 6.10 Å². The number of carboxylic acid groups (broad SMARTS) is 2. The second kappa shape index (κ2) is 13.8. The first kappa shape index (κ1) is 30.0. The average molecular weight is 534 g/mol. The molecule has 0 radical (unpaired) electrons. The first-order valence-electron chi connectivity index (χ1n) is 9.89.